The van der Waals surface area contributed by atoms with Gasteiger partial charge in [0.2, 0.25) is 0 Å². The summed E-state index contributed by atoms with van der Waals surface area (Å²) in [6, 6.07) is 15.9. The Balaban J connectivity index is 0.000000257. The number of aromatic nitrogens is 2. The van der Waals surface area contributed by atoms with Gasteiger partial charge in [-0.15, -0.1) is 22.7 Å². The van der Waals surface area contributed by atoms with E-state index in [0.717, 1.165) is 32.6 Å². The third-order valence-corrected chi connectivity index (χ3v) is 7.31. The monoisotopic (exact) mass is 688 g/mol. The zero-order valence-corrected chi connectivity index (χ0v) is 29.2. The van der Waals surface area contributed by atoms with Crippen molar-refractivity contribution in [1.29, 1.82) is 0 Å². The van der Waals surface area contributed by atoms with Crippen LogP contribution in [0, 0.1) is 13.8 Å². The second kappa shape index (κ2) is 17.1. The van der Waals surface area contributed by atoms with Gasteiger partial charge < -0.3 is 20.1 Å². The molecule has 2 N–H and O–H groups in total. The van der Waals surface area contributed by atoms with E-state index < -0.39 is 23.4 Å². The van der Waals surface area contributed by atoms with Crippen LogP contribution in [-0.4, -0.2) is 33.4 Å². The summed E-state index contributed by atoms with van der Waals surface area (Å²) < 4.78 is 11.3. The maximum Gasteiger partial charge on any atom is 0.407 e. The predicted octanol–water partition coefficient (Wildman–Crippen LogP) is 9.07. The Hall–Kier alpha value is -3.28. The van der Waals surface area contributed by atoms with Gasteiger partial charge in [0, 0.05) is 28.6 Å². The first-order valence-electron chi connectivity index (χ1n) is 13.6. The summed E-state index contributed by atoms with van der Waals surface area (Å²) in [5.74, 6) is 0. The molecule has 0 atom stereocenters. The Kier molecular flexibility index (Phi) is 14.3. The van der Waals surface area contributed by atoms with Crippen LogP contribution >= 0.6 is 38.6 Å². The number of thiazole rings is 2. The highest BCUT2D eigenvalue weighted by Crippen LogP contribution is 2.27. The van der Waals surface area contributed by atoms with Crippen LogP contribution in [0.3, 0.4) is 0 Å². The van der Waals surface area contributed by atoms with Crippen LogP contribution < -0.4 is 10.6 Å². The second-order valence-corrected chi connectivity index (χ2v) is 13.9. The molecule has 0 aliphatic rings. The van der Waals surface area contributed by atoms with E-state index in [0.29, 0.717) is 13.1 Å². The molecule has 4 aromatic rings. The zero-order valence-electron chi connectivity index (χ0n) is 26.0. The van der Waals surface area contributed by atoms with Crippen LogP contribution in [0.2, 0.25) is 0 Å². The Morgan fingerprint density at radius 1 is 0.767 bits per heavy atom. The highest BCUT2D eigenvalue weighted by molar-refractivity contribution is 9.10. The smallest absolute Gasteiger partial charge is 0.407 e. The molecule has 0 saturated carbocycles. The largest absolute Gasteiger partial charge is 0.444 e. The SMILES string of the molecule is CC(C)(C)OC(=O)NCc1ccc(Br)cc1.Cc1cscn1.Cc1ncsc1-c1ccc(CNC(=O)OC(C)(C)C)cc1. The lowest BCUT2D eigenvalue weighted by atomic mass is 10.1. The first-order valence-corrected chi connectivity index (χ1v) is 16.2. The van der Waals surface area contributed by atoms with Gasteiger partial charge in [0.1, 0.15) is 11.2 Å². The number of amides is 2. The van der Waals surface area contributed by atoms with Crippen LogP contribution in [0.4, 0.5) is 9.59 Å². The molecule has 0 bridgehead atoms. The summed E-state index contributed by atoms with van der Waals surface area (Å²) in [6.45, 7) is 16.0. The summed E-state index contributed by atoms with van der Waals surface area (Å²) in [6.07, 6.45) is -0.791. The number of carbonyl (C=O) groups excluding carboxylic acids is 2. The molecule has 2 aromatic carbocycles. The van der Waals surface area contributed by atoms with Crippen LogP contribution in [0.15, 0.2) is 69.4 Å². The normalized spacial score (nSPS) is 10.8. The first-order chi connectivity index (χ1) is 20.1. The molecule has 0 saturated heterocycles. The number of rotatable bonds is 5. The Morgan fingerprint density at radius 2 is 1.26 bits per heavy atom. The number of aryl methyl sites for hydroxylation is 2. The fourth-order valence-electron chi connectivity index (χ4n) is 3.20. The highest BCUT2D eigenvalue weighted by atomic mass is 79.9. The van der Waals surface area contributed by atoms with Gasteiger partial charge in [-0.05, 0) is 84.2 Å². The summed E-state index contributed by atoms with van der Waals surface area (Å²) >= 11 is 6.61. The number of ether oxygens (including phenoxy) is 2. The number of hydrogen-bond acceptors (Lipinski definition) is 8. The first kappa shape index (κ1) is 35.9. The van der Waals surface area contributed by atoms with Crippen molar-refractivity contribution >= 4 is 50.8 Å². The molecule has 0 aliphatic carbocycles. The third-order valence-electron chi connectivity index (χ3n) is 5.10. The zero-order chi connectivity index (χ0) is 32.0. The molecule has 0 spiro atoms. The van der Waals surface area contributed by atoms with E-state index in [1.165, 1.54) is 4.88 Å². The van der Waals surface area contributed by atoms with Crippen LogP contribution in [0.25, 0.3) is 10.4 Å². The molecule has 2 amide bonds. The van der Waals surface area contributed by atoms with Crippen molar-refractivity contribution < 1.29 is 19.1 Å². The quantitative estimate of drug-likeness (QED) is 0.217. The fraction of sp³-hybridized carbons (Fsp3) is 0.375. The lowest BCUT2D eigenvalue weighted by molar-refractivity contribution is 0.0512. The lowest BCUT2D eigenvalue weighted by Crippen LogP contribution is -2.32. The molecule has 11 heteroatoms. The standard InChI is InChI=1S/C16H20N2O2S.C12H16BrNO2.C4H5NS/c1-11-14(21-10-18-11)13-7-5-12(6-8-13)9-17-15(19)20-16(2,3)4;1-12(2,3)16-11(15)14-8-9-4-6-10(13)7-5-9;1-4-2-6-3-5-4/h5-8,10H,9H2,1-4H3,(H,17,19);4-7H,8H2,1-3H3,(H,14,15);2-3H,1H3. The minimum Gasteiger partial charge on any atom is -0.444 e. The highest BCUT2D eigenvalue weighted by Gasteiger charge is 2.16. The molecule has 8 nitrogen and oxygen atoms in total. The average Bonchev–Trinajstić information content (AvgIpc) is 3.57. The van der Waals surface area contributed by atoms with Crippen LogP contribution in [0.1, 0.15) is 64.1 Å². The topological polar surface area (TPSA) is 102 Å². The van der Waals surface area contributed by atoms with Crippen molar-refractivity contribution in [3.05, 3.63) is 91.9 Å². The molecular formula is C32H41BrN4O4S2. The summed E-state index contributed by atoms with van der Waals surface area (Å²) in [5, 5.41) is 7.46. The third kappa shape index (κ3) is 15.7. The van der Waals surface area contributed by atoms with Crippen LogP contribution in [0.5, 0.6) is 0 Å². The number of nitrogens with zero attached hydrogens (tertiary/aromatic N) is 2. The van der Waals surface area contributed by atoms with Gasteiger partial charge in [0.15, 0.2) is 0 Å². The number of benzene rings is 2. The molecule has 0 fully saturated rings. The molecule has 232 valence electrons. The number of carbonyl (C=O) groups is 2. The van der Waals surface area contributed by atoms with E-state index in [2.05, 4.69) is 36.5 Å². The van der Waals surface area contributed by atoms with Crippen molar-refractivity contribution in [3.8, 4) is 10.4 Å². The molecule has 0 aliphatic heterocycles. The second-order valence-electron chi connectivity index (χ2n) is 11.4. The van der Waals surface area contributed by atoms with Gasteiger partial charge in [-0.1, -0.05) is 52.3 Å². The van der Waals surface area contributed by atoms with Crippen LogP contribution in [-0.2, 0) is 22.6 Å². The molecular weight excluding hydrogens is 648 g/mol. The minimum atomic E-state index is -0.475. The number of alkyl carbamates (subject to hydrolysis) is 2. The van der Waals surface area contributed by atoms with E-state index in [4.69, 9.17) is 9.47 Å². The molecule has 2 aromatic heterocycles. The van der Waals surface area contributed by atoms with Gasteiger partial charge in [-0.3, -0.25) is 4.98 Å². The van der Waals surface area contributed by atoms with Gasteiger partial charge in [0.25, 0.3) is 0 Å². The fourth-order valence-corrected chi connectivity index (χ4v) is 4.83. The summed E-state index contributed by atoms with van der Waals surface area (Å²) in [7, 11) is 0. The maximum absolute atomic E-state index is 11.6. The molecule has 43 heavy (non-hydrogen) atoms. The number of nitrogens with one attached hydrogen (secondary N) is 2. The Morgan fingerprint density at radius 3 is 1.60 bits per heavy atom. The van der Waals surface area contributed by atoms with E-state index in [-0.39, 0.29) is 0 Å². The minimum absolute atomic E-state index is 0.393. The molecule has 4 rings (SSSR count). The predicted molar refractivity (Wildman–Crippen MR) is 179 cm³/mol. The van der Waals surface area contributed by atoms with Crippen molar-refractivity contribution in [1.82, 2.24) is 20.6 Å². The van der Waals surface area contributed by atoms with Gasteiger partial charge in [-0.2, -0.15) is 0 Å². The summed E-state index contributed by atoms with van der Waals surface area (Å²) in [5.41, 5.74) is 8.12. The van der Waals surface area contributed by atoms with Gasteiger partial charge in [-0.25, -0.2) is 14.6 Å². The lowest BCUT2D eigenvalue weighted by Gasteiger charge is -2.19. The Bertz CT molecular complexity index is 1390. The average molecular weight is 690 g/mol. The molecule has 2 heterocycles. The maximum atomic E-state index is 11.6. The van der Waals surface area contributed by atoms with Gasteiger partial charge in [0.05, 0.1) is 21.6 Å². The van der Waals surface area contributed by atoms with E-state index in [1.54, 1.807) is 22.7 Å². The van der Waals surface area contributed by atoms with E-state index in [1.807, 2.05) is 120 Å². The van der Waals surface area contributed by atoms with E-state index >= 15 is 0 Å². The summed E-state index contributed by atoms with van der Waals surface area (Å²) in [4.78, 5) is 32.3. The Labute approximate surface area is 271 Å². The van der Waals surface area contributed by atoms with Gasteiger partial charge >= 0.3 is 12.2 Å². The number of halogens is 1. The molecule has 0 radical (unpaired) electrons. The van der Waals surface area contributed by atoms with Crippen molar-refractivity contribution in [2.24, 2.45) is 0 Å². The molecule has 0 unspecified atom stereocenters. The van der Waals surface area contributed by atoms with Crippen molar-refractivity contribution in [3.63, 3.8) is 0 Å². The van der Waals surface area contributed by atoms with E-state index in [9.17, 15) is 9.59 Å². The number of hydrogen-bond donors (Lipinski definition) is 2. The van der Waals surface area contributed by atoms with Crippen molar-refractivity contribution in [2.45, 2.75) is 79.7 Å². The van der Waals surface area contributed by atoms with Crippen molar-refractivity contribution in [2.75, 3.05) is 0 Å².